The zero-order valence-corrected chi connectivity index (χ0v) is 11.2. The first-order chi connectivity index (χ1) is 8.31. The van der Waals surface area contributed by atoms with Gasteiger partial charge in [0.05, 0.1) is 0 Å². The van der Waals surface area contributed by atoms with Gasteiger partial charge < -0.3 is 29.4 Å². The van der Waals surface area contributed by atoms with Crippen LogP contribution in [0.3, 0.4) is 0 Å². The molecular formula is C12H21NO5. The van der Waals surface area contributed by atoms with E-state index in [1.54, 1.807) is 0 Å². The highest BCUT2D eigenvalue weighted by molar-refractivity contribution is 5.00. The third-order valence-corrected chi connectivity index (χ3v) is 3.48. The zero-order chi connectivity index (χ0) is 13.1. The number of fused-ring (bicyclic) bond motifs is 3. The van der Waals surface area contributed by atoms with Crippen molar-refractivity contribution >= 4 is 0 Å². The van der Waals surface area contributed by atoms with E-state index >= 15 is 0 Å². The van der Waals surface area contributed by atoms with Gasteiger partial charge in [0.2, 0.25) is 0 Å². The summed E-state index contributed by atoms with van der Waals surface area (Å²) in [6.07, 6.45) is -1.34. The molecule has 3 aliphatic heterocycles. The summed E-state index contributed by atoms with van der Waals surface area (Å²) in [4.78, 5) is 0. The third kappa shape index (κ3) is 1.97. The number of hydrogen-bond acceptors (Lipinski definition) is 6. The molecule has 3 saturated heterocycles. The van der Waals surface area contributed by atoms with E-state index in [2.05, 4.69) is 0 Å². The van der Waals surface area contributed by atoms with Crippen LogP contribution in [-0.2, 0) is 23.7 Å². The predicted molar refractivity (Wildman–Crippen MR) is 61.6 cm³/mol. The van der Waals surface area contributed by atoms with Crippen LogP contribution >= 0.6 is 0 Å². The van der Waals surface area contributed by atoms with Crippen molar-refractivity contribution in [2.24, 2.45) is 5.73 Å². The van der Waals surface area contributed by atoms with Crippen LogP contribution in [0.5, 0.6) is 0 Å². The first-order valence-corrected chi connectivity index (χ1v) is 6.38. The average Bonchev–Trinajstić information content (AvgIpc) is 2.71. The molecular weight excluding hydrogens is 238 g/mol. The first-order valence-electron chi connectivity index (χ1n) is 6.38. The quantitative estimate of drug-likeness (QED) is 0.732. The fourth-order valence-corrected chi connectivity index (χ4v) is 2.88. The second-order valence-electron chi connectivity index (χ2n) is 5.94. The van der Waals surface area contributed by atoms with Crippen LogP contribution in [0.25, 0.3) is 0 Å². The van der Waals surface area contributed by atoms with Gasteiger partial charge in [0.15, 0.2) is 17.9 Å². The average molecular weight is 259 g/mol. The Morgan fingerprint density at radius 1 is 0.833 bits per heavy atom. The Morgan fingerprint density at radius 2 is 1.39 bits per heavy atom. The molecule has 6 nitrogen and oxygen atoms in total. The standard InChI is InChI=1S/C12H21NO5/c1-11(2)15-7-6(5-13)14-10-9(8(7)16-11)17-12(3,4)18-10/h6-10H,5,13H2,1-4H3/t6?,7-,8-,9+,10+/m0/s1. The van der Waals surface area contributed by atoms with Crippen molar-refractivity contribution in [2.45, 2.75) is 70.0 Å². The van der Waals surface area contributed by atoms with Gasteiger partial charge in [-0.05, 0) is 27.7 Å². The monoisotopic (exact) mass is 259 g/mol. The molecule has 3 heterocycles. The van der Waals surface area contributed by atoms with Gasteiger partial charge in [0.25, 0.3) is 0 Å². The lowest BCUT2D eigenvalue weighted by molar-refractivity contribution is -0.231. The Hall–Kier alpha value is -0.240. The van der Waals surface area contributed by atoms with Crippen molar-refractivity contribution in [1.29, 1.82) is 0 Å². The van der Waals surface area contributed by atoms with Gasteiger partial charge in [-0.2, -0.15) is 0 Å². The Morgan fingerprint density at radius 3 is 2.06 bits per heavy atom. The van der Waals surface area contributed by atoms with Gasteiger partial charge in [0, 0.05) is 6.54 Å². The lowest BCUT2D eigenvalue weighted by Crippen LogP contribution is -2.57. The van der Waals surface area contributed by atoms with Crippen molar-refractivity contribution in [2.75, 3.05) is 6.54 Å². The summed E-state index contributed by atoms with van der Waals surface area (Å²) in [7, 11) is 0. The molecule has 0 aromatic rings. The number of ether oxygens (including phenoxy) is 5. The summed E-state index contributed by atoms with van der Waals surface area (Å²) in [6, 6.07) is 0. The smallest absolute Gasteiger partial charge is 0.190 e. The Balaban J connectivity index is 1.86. The molecule has 104 valence electrons. The molecule has 0 spiro atoms. The van der Waals surface area contributed by atoms with Crippen LogP contribution in [0.15, 0.2) is 0 Å². The maximum atomic E-state index is 5.93. The molecule has 0 bridgehead atoms. The highest BCUT2D eigenvalue weighted by Gasteiger charge is 2.60. The minimum absolute atomic E-state index is 0.200. The topological polar surface area (TPSA) is 72.2 Å². The third-order valence-electron chi connectivity index (χ3n) is 3.48. The van der Waals surface area contributed by atoms with Crippen molar-refractivity contribution in [3.63, 3.8) is 0 Å². The lowest BCUT2D eigenvalue weighted by Gasteiger charge is -2.36. The Bertz CT molecular complexity index is 345. The van der Waals surface area contributed by atoms with E-state index in [4.69, 9.17) is 29.4 Å². The zero-order valence-electron chi connectivity index (χ0n) is 11.2. The predicted octanol–water partition coefficient (Wildman–Crippen LogP) is 0.342. The molecule has 3 rings (SSSR count). The van der Waals surface area contributed by atoms with Gasteiger partial charge in [-0.3, -0.25) is 0 Å². The Kier molecular flexibility index (Phi) is 2.75. The fourth-order valence-electron chi connectivity index (χ4n) is 2.88. The molecule has 0 saturated carbocycles. The van der Waals surface area contributed by atoms with E-state index in [1.807, 2.05) is 27.7 Å². The molecule has 3 aliphatic rings. The molecule has 18 heavy (non-hydrogen) atoms. The van der Waals surface area contributed by atoms with Gasteiger partial charge in [0.1, 0.15) is 24.4 Å². The van der Waals surface area contributed by atoms with Crippen molar-refractivity contribution in [3.8, 4) is 0 Å². The van der Waals surface area contributed by atoms with Gasteiger partial charge in [-0.25, -0.2) is 0 Å². The van der Waals surface area contributed by atoms with E-state index < -0.39 is 17.9 Å². The highest BCUT2D eigenvalue weighted by atomic mass is 16.9. The van der Waals surface area contributed by atoms with E-state index in [0.717, 1.165) is 0 Å². The molecule has 0 aromatic carbocycles. The van der Waals surface area contributed by atoms with Crippen LogP contribution in [0, 0.1) is 0 Å². The normalized spacial score (nSPS) is 48.8. The van der Waals surface area contributed by atoms with Gasteiger partial charge in [-0.15, -0.1) is 0 Å². The maximum Gasteiger partial charge on any atom is 0.190 e. The van der Waals surface area contributed by atoms with E-state index in [0.29, 0.717) is 6.54 Å². The number of hydrogen-bond donors (Lipinski definition) is 1. The summed E-state index contributed by atoms with van der Waals surface area (Å²) in [6.45, 7) is 7.86. The maximum absolute atomic E-state index is 5.93. The molecule has 6 heteroatoms. The van der Waals surface area contributed by atoms with Crippen LogP contribution in [-0.4, -0.2) is 48.8 Å². The molecule has 2 N–H and O–H groups in total. The largest absolute Gasteiger partial charge is 0.342 e. The summed E-state index contributed by atoms with van der Waals surface area (Å²) in [5.41, 5.74) is 5.74. The van der Waals surface area contributed by atoms with E-state index in [-0.39, 0.29) is 24.4 Å². The number of nitrogens with two attached hydrogens (primary N) is 1. The summed E-state index contributed by atoms with van der Waals surface area (Å²) in [5.74, 6) is -1.31. The van der Waals surface area contributed by atoms with Gasteiger partial charge in [-0.1, -0.05) is 0 Å². The molecule has 0 aromatic heterocycles. The minimum Gasteiger partial charge on any atom is -0.342 e. The summed E-state index contributed by atoms with van der Waals surface area (Å²) in [5, 5.41) is 0. The van der Waals surface area contributed by atoms with E-state index in [1.165, 1.54) is 0 Å². The number of rotatable bonds is 1. The van der Waals surface area contributed by atoms with Crippen LogP contribution in [0.4, 0.5) is 0 Å². The van der Waals surface area contributed by atoms with Crippen LogP contribution in [0.1, 0.15) is 27.7 Å². The molecule has 3 fully saturated rings. The Labute approximate surface area is 107 Å². The molecule has 0 radical (unpaired) electrons. The van der Waals surface area contributed by atoms with Crippen molar-refractivity contribution in [3.05, 3.63) is 0 Å². The van der Waals surface area contributed by atoms with Crippen molar-refractivity contribution in [1.82, 2.24) is 0 Å². The van der Waals surface area contributed by atoms with Crippen LogP contribution < -0.4 is 5.73 Å². The molecule has 5 atom stereocenters. The second-order valence-corrected chi connectivity index (χ2v) is 5.94. The summed E-state index contributed by atoms with van der Waals surface area (Å²) < 4.78 is 29.2. The summed E-state index contributed by atoms with van der Waals surface area (Å²) >= 11 is 0. The second kappa shape index (κ2) is 3.88. The van der Waals surface area contributed by atoms with Gasteiger partial charge >= 0.3 is 0 Å². The molecule has 0 amide bonds. The van der Waals surface area contributed by atoms with Crippen molar-refractivity contribution < 1.29 is 23.7 Å². The first kappa shape index (κ1) is 12.8. The molecule has 1 unspecified atom stereocenters. The van der Waals surface area contributed by atoms with E-state index in [9.17, 15) is 0 Å². The SMILES string of the molecule is CC1(C)O[C@H]2OC(CN)[C@@H]3OC(C)(C)O[C@@H]3[C@H]2O1. The molecule has 0 aliphatic carbocycles. The van der Waals surface area contributed by atoms with Crippen LogP contribution in [0.2, 0.25) is 0 Å². The fraction of sp³-hybridized carbons (Fsp3) is 1.00. The highest BCUT2D eigenvalue weighted by Crippen LogP contribution is 2.43. The minimum atomic E-state index is -0.667. The lowest BCUT2D eigenvalue weighted by atomic mass is 9.99.